The summed E-state index contributed by atoms with van der Waals surface area (Å²) in [5.41, 5.74) is 3.04. The van der Waals surface area contributed by atoms with E-state index in [-0.39, 0.29) is 5.97 Å². The van der Waals surface area contributed by atoms with Crippen molar-refractivity contribution >= 4 is 5.97 Å². The first kappa shape index (κ1) is 10.8. The summed E-state index contributed by atoms with van der Waals surface area (Å²) >= 11 is 0. The zero-order valence-corrected chi connectivity index (χ0v) is 9.13. The maximum atomic E-state index is 11.2. The molecule has 0 atom stereocenters. The van der Waals surface area contributed by atoms with Gasteiger partial charge in [-0.15, -0.1) is 0 Å². The Bertz CT molecular complexity index is 340. The van der Waals surface area contributed by atoms with Crippen LogP contribution in [-0.4, -0.2) is 13.1 Å². The molecule has 0 aliphatic rings. The monoisotopic (exact) mass is 192 g/mol. The summed E-state index contributed by atoms with van der Waals surface area (Å²) in [5.74, 6) is 0.213. The number of esters is 1. The van der Waals surface area contributed by atoms with Crippen LogP contribution in [0, 0.1) is 6.92 Å². The minimum atomic E-state index is -0.275. The van der Waals surface area contributed by atoms with E-state index in [0.717, 1.165) is 5.56 Å². The van der Waals surface area contributed by atoms with Crippen molar-refractivity contribution in [3.63, 3.8) is 0 Å². The summed E-state index contributed by atoms with van der Waals surface area (Å²) in [7, 11) is 1.40. The quantitative estimate of drug-likeness (QED) is 0.673. The molecule has 0 saturated heterocycles. The number of hydrogen-bond acceptors (Lipinski definition) is 2. The average molecular weight is 192 g/mol. The Morgan fingerprint density at radius 2 is 2.00 bits per heavy atom. The van der Waals surface area contributed by atoms with Gasteiger partial charge in [-0.25, -0.2) is 4.79 Å². The number of benzene rings is 1. The second-order valence-corrected chi connectivity index (χ2v) is 3.72. The van der Waals surface area contributed by atoms with Crippen molar-refractivity contribution < 1.29 is 9.53 Å². The van der Waals surface area contributed by atoms with E-state index in [1.165, 1.54) is 12.7 Å². The highest BCUT2D eigenvalue weighted by atomic mass is 16.5. The summed E-state index contributed by atoms with van der Waals surface area (Å²) in [6.45, 7) is 6.29. The molecule has 1 aromatic rings. The van der Waals surface area contributed by atoms with Crippen molar-refractivity contribution in [2.75, 3.05) is 7.11 Å². The fraction of sp³-hybridized carbons (Fsp3) is 0.417. The van der Waals surface area contributed by atoms with Gasteiger partial charge in [0, 0.05) is 0 Å². The number of carbonyl (C=O) groups is 1. The molecule has 0 N–H and O–H groups in total. The lowest BCUT2D eigenvalue weighted by Crippen LogP contribution is -2.03. The topological polar surface area (TPSA) is 26.3 Å². The molecule has 14 heavy (non-hydrogen) atoms. The second kappa shape index (κ2) is 4.27. The summed E-state index contributed by atoms with van der Waals surface area (Å²) in [6.07, 6.45) is 0. The lowest BCUT2D eigenvalue weighted by atomic mass is 9.96. The van der Waals surface area contributed by atoms with Gasteiger partial charge in [0.1, 0.15) is 0 Å². The van der Waals surface area contributed by atoms with E-state index in [0.29, 0.717) is 11.5 Å². The van der Waals surface area contributed by atoms with E-state index < -0.39 is 0 Å². The first-order valence-corrected chi connectivity index (χ1v) is 4.75. The zero-order chi connectivity index (χ0) is 10.7. The van der Waals surface area contributed by atoms with Crippen LogP contribution in [0.5, 0.6) is 0 Å². The van der Waals surface area contributed by atoms with E-state index in [1.807, 2.05) is 25.1 Å². The minimum absolute atomic E-state index is 0.275. The molecule has 2 heteroatoms. The Hall–Kier alpha value is -1.31. The third kappa shape index (κ3) is 2.13. The molecule has 0 aliphatic heterocycles. The first-order valence-electron chi connectivity index (χ1n) is 4.75. The summed E-state index contributed by atoms with van der Waals surface area (Å²) < 4.78 is 4.65. The van der Waals surface area contributed by atoms with Crippen LogP contribution in [0.3, 0.4) is 0 Å². The van der Waals surface area contributed by atoms with Crippen LogP contribution >= 0.6 is 0 Å². The van der Waals surface area contributed by atoms with Crippen molar-refractivity contribution in [3.05, 3.63) is 34.9 Å². The van der Waals surface area contributed by atoms with Crippen molar-refractivity contribution in [2.45, 2.75) is 26.7 Å². The minimum Gasteiger partial charge on any atom is -0.465 e. The Morgan fingerprint density at radius 3 is 2.43 bits per heavy atom. The van der Waals surface area contributed by atoms with Crippen molar-refractivity contribution in [1.82, 2.24) is 0 Å². The number of aryl methyl sites for hydroxylation is 1. The maximum absolute atomic E-state index is 11.2. The lowest BCUT2D eigenvalue weighted by molar-refractivity contribution is 0.0600. The van der Waals surface area contributed by atoms with Crippen LogP contribution < -0.4 is 0 Å². The SMILES string of the molecule is COC(=O)c1ccc(C(C)C)c(C)c1. The van der Waals surface area contributed by atoms with Gasteiger partial charge in [-0.3, -0.25) is 0 Å². The molecule has 0 fully saturated rings. The van der Waals surface area contributed by atoms with Crippen LogP contribution in [-0.2, 0) is 4.74 Å². The molecule has 0 heterocycles. The average Bonchev–Trinajstić information content (AvgIpc) is 2.15. The van der Waals surface area contributed by atoms with Crippen molar-refractivity contribution in [1.29, 1.82) is 0 Å². The molecule has 0 radical (unpaired) electrons. The third-order valence-electron chi connectivity index (χ3n) is 2.31. The summed E-state index contributed by atoms with van der Waals surface area (Å²) in [4.78, 5) is 11.2. The summed E-state index contributed by atoms with van der Waals surface area (Å²) in [5, 5.41) is 0. The predicted molar refractivity (Wildman–Crippen MR) is 56.6 cm³/mol. The van der Waals surface area contributed by atoms with Crippen molar-refractivity contribution in [3.8, 4) is 0 Å². The van der Waals surface area contributed by atoms with Gasteiger partial charge in [0.15, 0.2) is 0 Å². The smallest absolute Gasteiger partial charge is 0.337 e. The van der Waals surface area contributed by atoms with Gasteiger partial charge in [0.25, 0.3) is 0 Å². The summed E-state index contributed by atoms with van der Waals surface area (Å²) in [6, 6.07) is 5.68. The Kier molecular flexibility index (Phi) is 3.28. The molecule has 0 saturated carbocycles. The van der Waals surface area contributed by atoms with Gasteiger partial charge in [-0.2, -0.15) is 0 Å². The largest absolute Gasteiger partial charge is 0.465 e. The van der Waals surface area contributed by atoms with Gasteiger partial charge < -0.3 is 4.74 Å². The van der Waals surface area contributed by atoms with Crippen molar-refractivity contribution in [2.24, 2.45) is 0 Å². The molecule has 0 aromatic heterocycles. The van der Waals surface area contributed by atoms with Crippen LogP contribution in [0.1, 0.15) is 41.3 Å². The molecule has 1 rings (SSSR count). The molecule has 0 unspecified atom stereocenters. The molecule has 1 aromatic carbocycles. The third-order valence-corrected chi connectivity index (χ3v) is 2.31. The van der Waals surface area contributed by atoms with Crippen LogP contribution in [0.2, 0.25) is 0 Å². The maximum Gasteiger partial charge on any atom is 0.337 e. The zero-order valence-electron chi connectivity index (χ0n) is 9.13. The van der Waals surface area contributed by atoms with E-state index in [4.69, 9.17) is 0 Å². The molecule has 0 aliphatic carbocycles. The molecule has 0 spiro atoms. The highest BCUT2D eigenvalue weighted by Crippen LogP contribution is 2.20. The van der Waals surface area contributed by atoms with E-state index in [1.54, 1.807) is 0 Å². The molecule has 2 nitrogen and oxygen atoms in total. The van der Waals surface area contributed by atoms with Crippen LogP contribution in [0.25, 0.3) is 0 Å². The molecule has 0 amide bonds. The Balaban J connectivity index is 3.06. The van der Waals surface area contributed by atoms with E-state index >= 15 is 0 Å². The highest BCUT2D eigenvalue weighted by Gasteiger charge is 2.08. The van der Waals surface area contributed by atoms with Crippen LogP contribution in [0.4, 0.5) is 0 Å². The second-order valence-electron chi connectivity index (χ2n) is 3.72. The number of methoxy groups -OCH3 is 1. The van der Waals surface area contributed by atoms with Gasteiger partial charge in [0.2, 0.25) is 0 Å². The fourth-order valence-electron chi connectivity index (χ4n) is 1.57. The first-order chi connectivity index (χ1) is 6.56. The van der Waals surface area contributed by atoms with Gasteiger partial charge >= 0.3 is 5.97 Å². The normalized spacial score (nSPS) is 10.4. The number of ether oxygens (including phenoxy) is 1. The molecule has 76 valence electrons. The predicted octanol–water partition coefficient (Wildman–Crippen LogP) is 2.91. The number of carbonyl (C=O) groups excluding carboxylic acids is 1. The van der Waals surface area contributed by atoms with E-state index in [2.05, 4.69) is 18.6 Å². The fourth-order valence-corrected chi connectivity index (χ4v) is 1.57. The standard InChI is InChI=1S/C12H16O2/c1-8(2)11-6-5-10(7-9(11)3)12(13)14-4/h5-8H,1-4H3. The molecular weight excluding hydrogens is 176 g/mol. The van der Waals surface area contributed by atoms with Gasteiger partial charge in [-0.05, 0) is 36.1 Å². The number of hydrogen-bond donors (Lipinski definition) is 0. The van der Waals surface area contributed by atoms with Gasteiger partial charge in [-0.1, -0.05) is 19.9 Å². The molecule has 0 bridgehead atoms. The Labute approximate surface area is 84.9 Å². The highest BCUT2D eigenvalue weighted by molar-refractivity contribution is 5.89. The van der Waals surface area contributed by atoms with E-state index in [9.17, 15) is 4.79 Å². The van der Waals surface area contributed by atoms with Crippen LogP contribution in [0.15, 0.2) is 18.2 Å². The lowest BCUT2D eigenvalue weighted by Gasteiger charge is -2.10. The molecular formula is C12H16O2. The Morgan fingerprint density at radius 1 is 1.36 bits per heavy atom. The number of rotatable bonds is 2. The van der Waals surface area contributed by atoms with Gasteiger partial charge in [0.05, 0.1) is 12.7 Å².